The molecule has 4 nitrogen and oxygen atoms in total. The molecule has 0 aromatic heterocycles. The number of nitrogens with two attached hydrogens (primary N) is 1. The van der Waals surface area contributed by atoms with E-state index < -0.39 is 18.0 Å². The molecule has 2 N–H and O–H groups in total. The van der Waals surface area contributed by atoms with E-state index in [1.807, 2.05) is 6.92 Å². The van der Waals surface area contributed by atoms with Crippen LogP contribution < -0.4 is 5.73 Å². The largest absolute Gasteiger partial charge is 0.452 e. The molecule has 0 aliphatic heterocycles. The lowest BCUT2D eigenvalue weighted by atomic mass is 10.1. The van der Waals surface area contributed by atoms with E-state index in [9.17, 15) is 9.59 Å². The number of esters is 1. The van der Waals surface area contributed by atoms with Gasteiger partial charge in [0.1, 0.15) is 0 Å². The van der Waals surface area contributed by atoms with Crippen LogP contribution in [0.5, 0.6) is 0 Å². The molecule has 0 radical (unpaired) electrons. The van der Waals surface area contributed by atoms with E-state index in [4.69, 9.17) is 10.5 Å². The molecule has 4 heteroatoms. The second-order valence-electron chi connectivity index (χ2n) is 2.64. The Balaban J connectivity index is 3.87. The Kier molecular flexibility index (Phi) is 5.08. The molecule has 0 saturated heterocycles. The molecule has 0 fully saturated rings. The van der Waals surface area contributed by atoms with Crippen molar-refractivity contribution in [1.82, 2.24) is 0 Å². The molecular formula is C8H15NO3. The molecule has 1 unspecified atom stereocenters. The van der Waals surface area contributed by atoms with Gasteiger partial charge < -0.3 is 10.5 Å². The van der Waals surface area contributed by atoms with Gasteiger partial charge in [0, 0.05) is 6.92 Å². The van der Waals surface area contributed by atoms with Gasteiger partial charge in [0.2, 0.25) is 0 Å². The summed E-state index contributed by atoms with van der Waals surface area (Å²) in [7, 11) is 0. The van der Waals surface area contributed by atoms with Crippen molar-refractivity contribution in [3.63, 3.8) is 0 Å². The highest BCUT2D eigenvalue weighted by atomic mass is 16.5. The first-order chi connectivity index (χ1) is 5.57. The maximum Gasteiger partial charge on any atom is 0.303 e. The van der Waals surface area contributed by atoms with Gasteiger partial charge in [0.05, 0.1) is 0 Å². The van der Waals surface area contributed by atoms with Crippen molar-refractivity contribution in [3.05, 3.63) is 0 Å². The molecule has 0 bridgehead atoms. The number of primary amides is 1. The molecule has 0 aliphatic carbocycles. The zero-order valence-corrected chi connectivity index (χ0v) is 7.50. The van der Waals surface area contributed by atoms with Crippen LogP contribution >= 0.6 is 0 Å². The highest BCUT2D eigenvalue weighted by molar-refractivity contribution is 5.81. The smallest absolute Gasteiger partial charge is 0.303 e. The fourth-order valence-electron chi connectivity index (χ4n) is 0.849. The van der Waals surface area contributed by atoms with Crippen LogP contribution in [0.15, 0.2) is 0 Å². The first-order valence-electron chi connectivity index (χ1n) is 4.04. The average Bonchev–Trinajstić information content (AvgIpc) is 1.96. The predicted octanol–water partition coefficient (Wildman–Crippen LogP) is 0.594. The van der Waals surface area contributed by atoms with E-state index in [1.165, 1.54) is 6.92 Å². The van der Waals surface area contributed by atoms with Gasteiger partial charge in [-0.3, -0.25) is 9.59 Å². The zero-order chi connectivity index (χ0) is 9.56. The molecule has 0 aliphatic rings. The van der Waals surface area contributed by atoms with Crippen LogP contribution in [0.4, 0.5) is 0 Å². The summed E-state index contributed by atoms with van der Waals surface area (Å²) in [6.45, 7) is 3.26. The second-order valence-corrected chi connectivity index (χ2v) is 2.64. The summed E-state index contributed by atoms with van der Waals surface area (Å²) in [5.41, 5.74) is 5.01. The molecule has 0 aromatic carbocycles. The Morgan fingerprint density at radius 1 is 1.50 bits per heavy atom. The Morgan fingerprint density at radius 3 is 2.42 bits per heavy atom. The first kappa shape index (κ1) is 10.9. The van der Waals surface area contributed by atoms with Crippen LogP contribution in [0.1, 0.15) is 33.1 Å². The Morgan fingerprint density at radius 2 is 2.08 bits per heavy atom. The predicted molar refractivity (Wildman–Crippen MR) is 44.3 cm³/mol. The number of hydrogen-bond acceptors (Lipinski definition) is 3. The lowest BCUT2D eigenvalue weighted by molar-refractivity contribution is -0.153. The minimum absolute atomic E-state index is 0.463. The maximum atomic E-state index is 10.7. The SMILES string of the molecule is CCCCC(OC(C)=O)C(N)=O. The van der Waals surface area contributed by atoms with Crippen molar-refractivity contribution in [2.45, 2.75) is 39.2 Å². The summed E-state index contributed by atoms with van der Waals surface area (Å²) in [5, 5.41) is 0. The van der Waals surface area contributed by atoms with Gasteiger partial charge in [0.15, 0.2) is 6.10 Å². The number of carbonyl (C=O) groups is 2. The van der Waals surface area contributed by atoms with Gasteiger partial charge in [-0.25, -0.2) is 0 Å². The van der Waals surface area contributed by atoms with Crippen molar-refractivity contribution in [3.8, 4) is 0 Å². The summed E-state index contributed by atoms with van der Waals surface area (Å²) in [6, 6.07) is 0. The molecule has 0 saturated carbocycles. The van der Waals surface area contributed by atoms with Crippen LogP contribution in [-0.4, -0.2) is 18.0 Å². The quantitative estimate of drug-likeness (QED) is 0.619. The normalized spacial score (nSPS) is 12.2. The number of unbranched alkanes of at least 4 members (excludes halogenated alkanes) is 1. The van der Waals surface area contributed by atoms with Gasteiger partial charge in [-0.05, 0) is 12.8 Å². The molecular weight excluding hydrogens is 158 g/mol. The van der Waals surface area contributed by atoms with Gasteiger partial charge >= 0.3 is 5.97 Å². The van der Waals surface area contributed by atoms with Crippen molar-refractivity contribution in [2.75, 3.05) is 0 Å². The van der Waals surface area contributed by atoms with E-state index in [2.05, 4.69) is 0 Å². The van der Waals surface area contributed by atoms with Crippen LogP contribution in [0, 0.1) is 0 Å². The summed E-state index contributed by atoms with van der Waals surface area (Å²) >= 11 is 0. The summed E-state index contributed by atoms with van der Waals surface area (Å²) < 4.78 is 4.70. The first-order valence-corrected chi connectivity index (χ1v) is 4.04. The van der Waals surface area contributed by atoms with Crippen molar-refractivity contribution in [2.24, 2.45) is 5.73 Å². The second kappa shape index (κ2) is 5.57. The lowest BCUT2D eigenvalue weighted by Crippen LogP contribution is -2.32. The van der Waals surface area contributed by atoms with Crippen LogP contribution in [0.25, 0.3) is 0 Å². The van der Waals surface area contributed by atoms with E-state index >= 15 is 0 Å². The van der Waals surface area contributed by atoms with E-state index in [0.29, 0.717) is 6.42 Å². The number of carbonyl (C=O) groups excluding carboxylic acids is 2. The number of rotatable bonds is 5. The molecule has 12 heavy (non-hydrogen) atoms. The highest BCUT2D eigenvalue weighted by Gasteiger charge is 2.16. The fraction of sp³-hybridized carbons (Fsp3) is 0.750. The van der Waals surface area contributed by atoms with Crippen molar-refractivity contribution in [1.29, 1.82) is 0 Å². The Bertz CT molecular complexity index is 168. The lowest BCUT2D eigenvalue weighted by Gasteiger charge is -2.12. The highest BCUT2D eigenvalue weighted by Crippen LogP contribution is 2.04. The van der Waals surface area contributed by atoms with Gasteiger partial charge in [-0.2, -0.15) is 0 Å². The van der Waals surface area contributed by atoms with E-state index in [0.717, 1.165) is 12.8 Å². The van der Waals surface area contributed by atoms with Crippen molar-refractivity contribution >= 4 is 11.9 Å². The van der Waals surface area contributed by atoms with Gasteiger partial charge in [-0.15, -0.1) is 0 Å². The monoisotopic (exact) mass is 173 g/mol. The average molecular weight is 173 g/mol. The fourth-order valence-corrected chi connectivity index (χ4v) is 0.849. The van der Waals surface area contributed by atoms with Gasteiger partial charge in [0.25, 0.3) is 5.91 Å². The molecule has 0 rings (SSSR count). The third-order valence-corrected chi connectivity index (χ3v) is 1.45. The van der Waals surface area contributed by atoms with Gasteiger partial charge in [-0.1, -0.05) is 13.3 Å². The number of ether oxygens (including phenoxy) is 1. The third kappa shape index (κ3) is 4.71. The Labute approximate surface area is 72.1 Å². The van der Waals surface area contributed by atoms with E-state index in [1.54, 1.807) is 0 Å². The molecule has 70 valence electrons. The van der Waals surface area contributed by atoms with E-state index in [-0.39, 0.29) is 0 Å². The Hall–Kier alpha value is -1.06. The zero-order valence-electron chi connectivity index (χ0n) is 7.50. The third-order valence-electron chi connectivity index (χ3n) is 1.45. The molecule has 0 heterocycles. The summed E-state index contributed by atoms with van der Waals surface area (Å²) in [6.07, 6.45) is 1.56. The topological polar surface area (TPSA) is 69.4 Å². The number of hydrogen-bond donors (Lipinski definition) is 1. The molecule has 0 spiro atoms. The number of amides is 1. The van der Waals surface area contributed by atoms with Crippen LogP contribution in [-0.2, 0) is 14.3 Å². The summed E-state index contributed by atoms with van der Waals surface area (Å²) in [5.74, 6) is -1.03. The maximum absolute atomic E-state index is 10.7. The van der Waals surface area contributed by atoms with Crippen LogP contribution in [0.3, 0.4) is 0 Å². The molecule has 1 atom stereocenters. The molecule has 0 aromatic rings. The van der Waals surface area contributed by atoms with Crippen LogP contribution in [0.2, 0.25) is 0 Å². The molecule has 1 amide bonds. The summed E-state index contributed by atoms with van der Waals surface area (Å²) in [4.78, 5) is 21.2. The minimum Gasteiger partial charge on any atom is -0.452 e. The van der Waals surface area contributed by atoms with Crippen molar-refractivity contribution < 1.29 is 14.3 Å². The standard InChI is InChI=1S/C8H15NO3/c1-3-4-5-7(8(9)11)12-6(2)10/h7H,3-5H2,1-2H3,(H2,9,11). The minimum atomic E-state index is -0.748.